The Morgan fingerprint density at radius 2 is 2.00 bits per heavy atom. The van der Waals surface area contributed by atoms with Gasteiger partial charge in [-0.15, -0.1) is 0 Å². The zero-order valence-corrected chi connectivity index (χ0v) is 14.0. The minimum atomic E-state index is 0.552. The van der Waals surface area contributed by atoms with Gasteiger partial charge in [-0.3, -0.25) is 0 Å². The van der Waals surface area contributed by atoms with Crippen LogP contribution in [0, 0.1) is 17.8 Å². The molecule has 2 bridgehead atoms. The van der Waals surface area contributed by atoms with E-state index in [1.807, 2.05) is 0 Å². The van der Waals surface area contributed by atoms with E-state index in [4.69, 9.17) is 0 Å². The standard InChI is InChI=1S/C20H31N/c1-4-14-6-8-16(5-2)19(12-14)20(21-3)13-18-11-15-7-9-17(18)10-15/h6,8,12,15,17-18,20-21H,4-5,7,9-11,13H2,1-3H3. The number of nitrogens with one attached hydrogen (secondary N) is 1. The third-order valence-corrected chi connectivity index (χ3v) is 6.15. The summed E-state index contributed by atoms with van der Waals surface area (Å²) < 4.78 is 0. The number of aryl methyl sites for hydroxylation is 2. The van der Waals surface area contributed by atoms with Crippen LogP contribution in [0.2, 0.25) is 0 Å². The molecular formula is C20H31N. The molecule has 3 rings (SSSR count). The molecule has 4 atom stereocenters. The SMILES string of the molecule is CCc1ccc(CC)c(C(CC2CC3CCC2C3)NC)c1. The zero-order valence-electron chi connectivity index (χ0n) is 14.0. The van der Waals surface area contributed by atoms with Crippen molar-refractivity contribution in [3.63, 3.8) is 0 Å². The first-order valence-corrected chi connectivity index (χ1v) is 9.04. The molecule has 2 aliphatic rings. The summed E-state index contributed by atoms with van der Waals surface area (Å²) in [6.07, 6.45) is 9.67. The van der Waals surface area contributed by atoms with Crippen molar-refractivity contribution < 1.29 is 0 Å². The van der Waals surface area contributed by atoms with Crippen molar-refractivity contribution in [3.8, 4) is 0 Å². The van der Waals surface area contributed by atoms with Crippen molar-refractivity contribution in [1.29, 1.82) is 0 Å². The lowest BCUT2D eigenvalue weighted by Gasteiger charge is -2.28. The third kappa shape index (κ3) is 3.04. The van der Waals surface area contributed by atoms with Crippen LogP contribution >= 0.6 is 0 Å². The zero-order chi connectivity index (χ0) is 14.8. The lowest BCUT2D eigenvalue weighted by molar-refractivity contribution is 0.283. The molecule has 0 aliphatic heterocycles. The van der Waals surface area contributed by atoms with Gasteiger partial charge in [0.2, 0.25) is 0 Å². The summed E-state index contributed by atoms with van der Waals surface area (Å²) in [5, 5.41) is 3.63. The smallest absolute Gasteiger partial charge is 0.0323 e. The van der Waals surface area contributed by atoms with Crippen LogP contribution in [-0.4, -0.2) is 7.05 Å². The van der Waals surface area contributed by atoms with Crippen molar-refractivity contribution in [2.45, 2.75) is 64.8 Å². The van der Waals surface area contributed by atoms with E-state index in [1.165, 1.54) is 43.2 Å². The number of benzene rings is 1. The Kier molecular flexibility index (Phi) is 4.69. The first-order valence-electron chi connectivity index (χ1n) is 9.04. The molecule has 2 fully saturated rings. The van der Waals surface area contributed by atoms with Crippen LogP contribution in [0.5, 0.6) is 0 Å². The van der Waals surface area contributed by atoms with Gasteiger partial charge in [-0.2, -0.15) is 0 Å². The first kappa shape index (κ1) is 15.1. The van der Waals surface area contributed by atoms with E-state index in [0.717, 1.165) is 30.6 Å². The highest BCUT2D eigenvalue weighted by atomic mass is 14.9. The van der Waals surface area contributed by atoms with Crippen LogP contribution in [0.4, 0.5) is 0 Å². The maximum atomic E-state index is 3.63. The average Bonchev–Trinajstić information content (AvgIpc) is 3.14. The highest BCUT2D eigenvalue weighted by Gasteiger charge is 2.40. The van der Waals surface area contributed by atoms with E-state index >= 15 is 0 Å². The van der Waals surface area contributed by atoms with Gasteiger partial charge in [-0.25, -0.2) is 0 Å². The van der Waals surface area contributed by atoms with Gasteiger partial charge in [0.05, 0.1) is 0 Å². The van der Waals surface area contributed by atoms with Gasteiger partial charge in [-0.1, -0.05) is 38.5 Å². The van der Waals surface area contributed by atoms with Crippen LogP contribution in [0.25, 0.3) is 0 Å². The molecule has 1 nitrogen and oxygen atoms in total. The molecule has 0 aromatic heterocycles. The lowest BCUT2D eigenvalue weighted by atomic mass is 9.81. The maximum Gasteiger partial charge on any atom is 0.0323 e. The lowest BCUT2D eigenvalue weighted by Crippen LogP contribution is -2.23. The Morgan fingerprint density at radius 3 is 2.57 bits per heavy atom. The Labute approximate surface area is 130 Å². The maximum absolute atomic E-state index is 3.63. The molecule has 0 amide bonds. The highest BCUT2D eigenvalue weighted by Crippen LogP contribution is 2.51. The Balaban J connectivity index is 1.79. The normalized spacial score (nSPS) is 29.0. The van der Waals surface area contributed by atoms with E-state index < -0.39 is 0 Å². The van der Waals surface area contributed by atoms with E-state index in [9.17, 15) is 0 Å². The molecule has 0 radical (unpaired) electrons. The summed E-state index contributed by atoms with van der Waals surface area (Å²) >= 11 is 0. The van der Waals surface area contributed by atoms with Crippen LogP contribution < -0.4 is 5.32 Å². The molecule has 0 spiro atoms. The van der Waals surface area contributed by atoms with Gasteiger partial charge in [0.1, 0.15) is 0 Å². The molecule has 1 heteroatoms. The third-order valence-electron chi connectivity index (χ3n) is 6.15. The molecule has 4 unspecified atom stereocenters. The van der Waals surface area contributed by atoms with Crippen molar-refractivity contribution >= 4 is 0 Å². The number of hydrogen-bond donors (Lipinski definition) is 1. The summed E-state index contributed by atoms with van der Waals surface area (Å²) in [6.45, 7) is 4.55. The predicted molar refractivity (Wildman–Crippen MR) is 90.6 cm³/mol. The van der Waals surface area contributed by atoms with Gasteiger partial charge in [0, 0.05) is 6.04 Å². The first-order chi connectivity index (χ1) is 10.2. The van der Waals surface area contributed by atoms with Gasteiger partial charge < -0.3 is 5.32 Å². The summed E-state index contributed by atoms with van der Waals surface area (Å²) in [5.74, 6) is 3.06. The summed E-state index contributed by atoms with van der Waals surface area (Å²) in [5.41, 5.74) is 4.59. The van der Waals surface area contributed by atoms with E-state index in [0.29, 0.717) is 6.04 Å². The number of fused-ring (bicyclic) bond motifs is 2. The summed E-state index contributed by atoms with van der Waals surface area (Å²) in [6, 6.07) is 7.69. The molecule has 1 aromatic rings. The molecule has 0 saturated heterocycles. The largest absolute Gasteiger partial charge is 0.313 e. The van der Waals surface area contributed by atoms with E-state index in [-0.39, 0.29) is 0 Å². The van der Waals surface area contributed by atoms with Crippen LogP contribution in [0.1, 0.15) is 68.7 Å². The Bertz CT molecular complexity index is 479. The van der Waals surface area contributed by atoms with E-state index in [1.54, 1.807) is 5.56 Å². The van der Waals surface area contributed by atoms with Crippen LogP contribution in [0.15, 0.2) is 18.2 Å². The highest BCUT2D eigenvalue weighted by molar-refractivity contribution is 5.34. The molecule has 1 aromatic carbocycles. The average molecular weight is 285 g/mol. The summed E-state index contributed by atoms with van der Waals surface area (Å²) in [4.78, 5) is 0. The molecule has 116 valence electrons. The molecule has 1 N–H and O–H groups in total. The van der Waals surface area contributed by atoms with Gasteiger partial charge in [-0.05, 0) is 80.0 Å². The quantitative estimate of drug-likeness (QED) is 0.784. The molecular weight excluding hydrogens is 254 g/mol. The number of hydrogen-bond acceptors (Lipinski definition) is 1. The Morgan fingerprint density at radius 1 is 1.14 bits per heavy atom. The van der Waals surface area contributed by atoms with Crippen molar-refractivity contribution in [1.82, 2.24) is 5.32 Å². The topological polar surface area (TPSA) is 12.0 Å². The van der Waals surface area contributed by atoms with Crippen molar-refractivity contribution in [2.75, 3.05) is 7.05 Å². The van der Waals surface area contributed by atoms with Gasteiger partial charge >= 0.3 is 0 Å². The van der Waals surface area contributed by atoms with Gasteiger partial charge in [0.25, 0.3) is 0 Å². The Hall–Kier alpha value is -0.820. The molecule has 0 heterocycles. The second kappa shape index (κ2) is 6.52. The van der Waals surface area contributed by atoms with E-state index in [2.05, 4.69) is 44.4 Å². The fourth-order valence-corrected chi connectivity index (χ4v) is 4.88. The minimum absolute atomic E-state index is 0.552. The van der Waals surface area contributed by atoms with Crippen molar-refractivity contribution in [3.05, 3.63) is 34.9 Å². The second-order valence-corrected chi connectivity index (χ2v) is 7.25. The molecule has 2 saturated carbocycles. The second-order valence-electron chi connectivity index (χ2n) is 7.25. The summed E-state index contributed by atoms with van der Waals surface area (Å²) in [7, 11) is 2.15. The fraction of sp³-hybridized carbons (Fsp3) is 0.700. The fourth-order valence-electron chi connectivity index (χ4n) is 4.88. The number of rotatable bonds is 6. The van der Waals surface area contributed by atoms with Crippen molar-refractivity contribution in [2.24, 2.45) is 17.8 Å². The van der Waals surface area contributed by atoms with Crippen LogP contribution in [0.3, 0.4) is 0 Å². The monoisotopic (exact) mass is 285 g/mol. The van der Waals surface area contributed by atoms with Crippen LogP contribution in [-0.2, 0) is 12.8 Å². The van der Waals surface area contributed by atoms with Gasteiger partial charge in [0.15, 0.2) is 0 Å². The predicted octanol–water partition coefficient (Wildman–Crippen LogP) is 4.90. The molecule has 21 heavy (non-hydrogen) atoms. The minimum Gasteiger partial charge on any atom is -0.313 e. The molecule has 2 aliphatic carbocycles.